The van der Waals surface area contributed by atoms with Crippen LogP contribution in [0.15, 0.2) is 24.4 Å². The molecular formula is C17H19FN2O. The minimum absolute atomic E-state index is 0.0827. The Morgan fingerprint density at radius 3 is 2.90 bits per heavy atom. The van der Waals surface area contributed by atoms with Crippen LogP contribution in [-0.2, 0) is 0 Å². The lowest BCUT2D eigenvalue weighted by atomic mass is 10.0. The van der Waals surface area contributed by atoms with Crippen molar-refractivity contribution in [2.24, 2.45) is 0 Å². The summed E-state index contributed by atoms with van der Waals surface area (Å²) >= 11 is 0. The van der Waals surface area contributed by atoms with Crippen LogP contribution in [0.2, 0.25) is 0 Å². The molecule has 1 saturated carbocycles. The summed E-state index contributed by atoms with van der Waals surface area (Å²) in [5.41, 5.74) is 1.11. The average Bonchev–Trinajstić information content (AvgIpc) is 3.33. The zero-order valence-electron chi connectivity index (χ0n) is 11.9. The first-order chi connectivity index (χ1) is 10.3. The third-order valence-corrected chi connectivity index (χ3v) is 4.38. The van der Waals surface area contributed by atoms with Crippen molar-refractivity contribution in [2.45, 2.75) is 37.7 Å². The number of aromatic nitrogens is 1. The van der Waals surface area contributed by atoms with E-state index in [4.69, 9.17) is 4.74 Å². The van der Waals surface area contributed by atoms with Gasteiger partial charge in [0.05, 0.1) is 5.39 Å². The van der Waals surface area contributed by atoms with Gasteiger partial charge >= 0.3 is 0 Å². The van der Waals surface area contributed by atoms with E-state index in [9.17, 15) is 4.39 Å². The number of rotatable bonds is 3. The molecule has 4 rings (SSSR count). The Hall–Kier alpha value is -1.68. The molecule has 0 amide bonds. The predicted molar refractivity (Wildman–Crippen MR) is 80.2 cm³/mol. The Balaban J connectivity index is 1.71. The second-order valence-corrected chi connectivity index (χ2v) is 6.08. The van der Waals surface area contributed by atoms with Gasteiger partial charge in [-0.3, -0.25) is 0 Å². The molecule has 1 aromatic heterocycles. The van der Waals surface area contributed by atoms with Crippen molar-refractivity contribution >= 4 is 10.8 Å². The summed E-state index contributed by atoms with van der Waals surface area (Å²) in [6.45, 7) is 1.84. The molecule has 1 N–H and O–H groups in total. The van der Waals surface area contributed by atoms with E-state index in [1.165, 1.54) is 12.8 Å². The number of fused-ring (bicyclic) bond motifs is 1. The highest BCUT2D eigenvalue weighted by Crippen LogP contribution is 2.42. The number of nitrogens with zero attached hydrogens (tertiary/aromatic N) is 1. The largest absolute Gasteiger partial charge is 0.472 e. The van der Waals surface area contributed by atoms with Crippen LogP contribution in [0.3, 0.4) is 0 Å². The topological polar surface area (TPSA) is 34.1 Å². The molecule has 2 aliphatic rings. The molecule has 4 heteroatoms. The number of hydrogen-bond donors (Lipinski definition) is 1. The van der Waals surface area contributed by atoms with Crippen molar-refractivity contribution in [3.63, 3.8) is 0 Å². The highest BCUT2D eigenvalue weighted by molar-refractivity contribution is 5.88. The Bertz CT molecular complexity index is 663. The van der Waals surface area contributed by atoms with Gasteiger partial charge < -0.3 is 10.1 Å². The van der Waals surface area contributed by atoms with Crippen molar-refractivity contribution in [2.75, 3.05) is 13.1 Å². The first kappa shape index (κ1) is 13.0. The van der Waals surface area contributed by atoms with Crippen LogP contribution in [0.5, 0.6) is 5.88 Å². The highest BCUT2D eigenvalue weighted by atomic mass is 19.1. The fourth-order valence-corrected chi connectivity index (χ4v) is 3.08. The van der Waals surface area contributed by atoms with Crippen molar-refractivity contribution < 1.29 is 9.13 Å². The van der Waals surface area contributed by atoms with Gasteiger partial charge in [-0.25, -0.2) is 9.37 Å². The minimum atomic E-state index is -0.207. The van der Waals surface area contributed by atoms with Gasteiger partial charge in [-0.1, -0.05) is 6.07 Å². The standard InChI is InChI=1S/C17H19FN2O/c18-15-9-13(11-3-4-11)8-12-5-7-20-17(16(12)15)21-14-2-1-6-19-10-14/h5,7-9,11,14,19H,1-4,6,10H2/t14-/m1/s1. The van der Waals surface area contributed by atoms with Gasteiger partial charge in [0.2, 0.25) is 5.88 Å². The fraction of sp³-hybridized carbons (Fsp3) is 0.471. The van der Waals surface area contributed by atoms with Crippen LogP contribution in [0.25, 0.3) is 10.8 Å². The van der Waals surface area contributed by atoms with Gasteiger partial charge in [-0.2, -0.15) is 0 Å². The molecule has 21 heavy (non-hydrogen) atoms. The smallest absolute Gasteiger partial charge is 0.224 e. The lowest BCUT2D eigenvalue weighted by molar-refractivity contribution is 0.162. The fourth-order valence-electron chi connectivity index (χ4n) is 3.08. The molecule has 1 atom stereocenters. The number of benzene rings is 1. The molecule has 2 heterocycles. The van der Waals surface area contributed by atoms with Gasteiger partial charge in [-0.15, -0.1) is 0 Å². The Morgan fingerprint density at radius 2 is 2.14 bits per heavy atom. The van der Waals surface area contributed by atoms with E-state index in [1.807, 2.05) is 6.07 Å². The number of nitrogens with one attached hydrogen (secondary N) is 1. The molecule has 2 fully saturated rings. The van der Waals surface area contributed by atoms with Crippen molar-refractivity contribution in [1.82, 2.24) is 10.3 Å². The maximum absolute atomic E-state index is 14.5. The average molecular weight is 286 g/mol. The molecule has 0 unspecified atom stereocenters. The van der Waals surface area contributed by atoms with Crippen LogP contribution in [0.4, 0.5) is 4.39 Å². The number of piperidine rings is 1. The van der Waals surface area contributed by atoms with E-state index in [2.05, 4.69) is 16.4 Å². The zero-order chi connectivity index (χ0) is 14.2. The molecule has 0 bridgehead atoms. The van der Waals surface area contributed by atoms with E-state index in [0.717, 1.165) is 36.9 Å². The molecule has 1 aliphatic heterocycles. The second-order valence-electron chi connectivity index (χ2n) is 6.08. The molecule has 1 saturated heterocycles. The van der Waals surface area contributed by atoms with E-state index in [1.54, 1.807) is 12.3 Å². The summed E-state index contributed by atoms with van der Waals surface area (Å²) in [5.74, 6) is 0.770. The molecule has 0 radical (unpaired) electrons. The lowest BCUT2D eigenvalue weighted by Gasteiger charge is -2.24. The monoisotopic (exact) mass is 286 g/mol. The van der Waals surface area contributed by atoms with Crippen molar-refractivity contribution in [3.8, 4) is 5.88 Å². The van der Waals surface area contributed by atoms with Crippen molar-refractivity contribution in [1.29, 1.82) is 0 Å². The normalized spacial score (nSPS) is 22.4. The van der Waals surface area contributed by atoms with E-state index in [-0.39, 0.29) is 11.9 Å². The Morgan fingerprint density at radius 1 is 1.24 bits per heavy atom. The first-order valence-electron chi connectivity index (χ1n) is 7.77. The van der Waals surface area contributed by atoms with Gasteiger partial charge in [0.1, 0.15) is 11.9 Å². The third kappa shape index (κ3) is 2.60. The number of pyridine rings is 1. The number of halogens is 1. The predicted octanol–water partition coefficient (Wildman–Crippen LogP) is 3.38. The van der Waals surface area contributed by atoms with Crippen LogP contribution >= 0.6 is 0 Å². The summed E-state index contributed by atoms with van der Waals surface area (Å²) in [7, 11) is 0. The second kappa shape index (κ2) is 5.26. The van der Waals surface area contributed by atoms with Crippen LogP contribution in [-0.4, -0.2) is 24.2 Å². The van der Waals surface area contributed by atoms with E-state index < -0.39 is 0 Å². The summed E-state index contributed by atoms with van der Waals surface area (Å²) in [6, 6.07) is 5.62. The quantitative estimate of drug-likeness (QED) is 0.939. The molecule has 1 aliphatic carbocycles. The third-order valence-electron chi connectivity index (χ3n) is 4.38. The maximum Gasteiger partial charge on any atom is 0.224 e. The van der Waals surface area contributed by atoms with Crippen LogP contribution in [0, 0.1) is 5.82 Å². The molecule has 0 spiro atoms. The Labute approximate surface area is 123 Å². The lowest BCUT2D eigenvalue weighted by Crippen LogP contribution is -2.37. The van der Waals surface area contributed by atoms with Gasteiger partial charge in [0.15, 0.2) is 0 Å². The van der Waals surface area contributed by atoms with Gasteiger partial charge in [-0.05, 0) is 61.2 Å². The van der Waals surface area contributed by atoms with Gasteiger partial charge in [0.25, 0.3) is 0 Å². The van der Waals surface area contributed by atoms with Crippen LogP contribution < -0.4 is 10.1 Å². The Kier molecular flexibility index (Phi) is 3.26. The summed E-state index contributed by atoms with van der Waals surface area (Å²) in [5, 5.41) is 4.72. The summed E-state index contributed by atoms with van der Waals surface area (Å²) < 4.78 is 20.5. The molecule has 1 aromatic carbocycles. The summed E-state index contributed by atoms with van der Waals surface area (Å²) in [6.07, 6.45) is 6.22. The minimum Gasteiger partial charge on any atom is -0.472 e. The number of ether oxygens (including phenoxy) is 1. The SMILES string of the molecule is Fc1cc(C2CC2)cc2ccnc(O[C@@H]3CCCNC3)c12. The summed E-state index contributed by atoms with van der Waals surface area (Å²) in [4.78, 5) is 4.26. The molecule has 110 valence electrons. The van der Waals surface area contributed by atoms with E-state index >= 15 is 0 Å². The van der Waals surface area contributed by atoms with Crippen LogP contribution in [0.1, 0.15) is 37.2 Å². The maximum atomic E-state index is 14.5. The molecular weight excluding hydrogens is 267 g/mol. The van der Waals surface area contributed by atoms with Gasteiger partial charge in [0, 0.05) is 12.7 Å². The van der Waals surface area contributed by atoms with E-state index in [0.29, 0.717) is 17.2 Å². The molecule has 3 nitrogen and oxygen atoms in total. The van der Waals surface area contributed by atoms with Crippen molar-refractivity contribution in [3.05, 3.63) is 35.8 Å². The zero-order valence-corrected chi connectivity index (χ0v) is 11.9. The highest BCUT2D eigenvalue weighted by Gasteiger charge is 2.25. The first-order valence-corrected chi connectivity index (χ1v) is 7.77. The number of hydrogen-bond acceptors (Lipinski definition) is 3. The molecule has 2 aromatic rings.